The lowest BCUT2D eigenvalue weighted by Crippen LogP contribution is -2.52. The van der Waals surface area contributed by atoms with E-state index in [1.54, 1.807) is 0 Å². The second kappa shape index (κ2) is 5.32. The molecule has 3 aromatic rings. The maximum Gasteiger partial charge on any atom is 0.142 e. The number of para-hydroxylation sites is 1. The van der Waals surface area contributed by atoms with E-state index < -0.39 is 0 Å². The van der Waals surface area contributed by atoms with Crippen molar-refractivity contribution < 1.29 is 4.74 Å². The number of ether oxygens (including phenoxy) is 1. The summed E-state index contributed by atoms with van der Waals surface area (Å²) in [6.07, 6.45) is 2.79. The molecule has 1 aliphatic carbocycles. The second-order valence-corrected chi connectivity index (χ2v) is 6.92. The molecule has 0 unspecified atom stereocenters. The highest BCUT2D eigenvalue weighted by Crippen LogP contribution is 2.67. The van der Waals surface area contributed by atoms with Gasteiger partial charge in [0.1, 0.15) is 11.4 Å². The van der Waals surface area contributed by atoms with Gasteiger partial charge in [0, 0.05) is 35.7 Å². The van der Waals surface area contributed by atoms with Crippen LogP contribution in [0.15, 0.2) is 85.6 Å². The van der Waals surface area contributed by atoms with Crippen molar-refractivity contribution in [2.45, 2.75) is 23.9 Å². The highest BCUT2D eigenvalue weighted by molar-refractivity contribution is 5.76. The Hall–Kier alpha value is -2.87. The van der Waals surface area contributed by atoms with E-state index in [0.717, 1.165) is 29.0 Å². The summed E-state index contributed by atoms with van der Waals surface area (Å²) in [6, 6.07) is 24.9. The zero-order valence-electron chi connectivity index (χ0n) is 13.9. The average Bonchev–Trinajstić information content (AvgIpc) is 2.92. The summed E-state index contributed by atoms with van der Waals surface area (Å²) in [6.45, 7) is 4.45. The van der Waals surface area contributed by atoms with Crippen molar-refractivity contribution in [2.24, 2.45) is 0 Å². The minimum Gasteiger partial charge on any atom is -0.482 e. The van der Waals surface area contributed by atoms with E-state index in [1.807, 2.05) is 24.4 Å². The Balaban J connectivity index is 1.60. The zero-order valence-corrected chi connectivity index (χ0v) is 13.9. The number of pyridine rings is 1. The SMILES string of the molecule is C=C(c1ccccc1)[C@]12C[C@H](c3ccccn3)[C@H]1c1ccccc1O2. The molecule has 2 aliphatic rings. The number of benzene rings is 2. The lowest BCUT2D eigenvalue weighted by molar-refractivity contribution is 0.0316. The summed E-state index contributed by atoms with van der Waals surface area (Å²) >= 11 is 0. The van der Waals surface area contributed by atoms with Crippen LogP contribution in [0.5, 0.6) is 5.75 Å². The predicted octanol–water partition coefficient (Wildman–Crippen LogP) is 5.20. The lowest BCUT2D eigenvalue weighted by atomic mass is 9.55. The summed E-state index contributed by atoms with van der Waals surface area (Å²) in [5, 5.41) is 0. The summed E-state index contributed by atoms with van der Waals surface area (Å²) in [7, 11) is 0. The zero-order chi connectivity index (χ0) is 16.9. The third-order valence-electron chi connectivity index (χ3n) is 5.67. The Morgan fingerprint density at radius 3 is 2.52 bits per heavy atom. The fraction of sp³-hybridized carbons (Fsp3) is 0.174. The molecule has 1 fully saturated rings. The quantitative estimate of drug-likeness (QED) is 0.660. The Morgan fingerprint density at radius 2 is 1.72 bits per heavy atom. The number of hydrogen-bond donors (Lipinski definition) is 0. The van der Waals surface area contributed by atoms with Gasteiger partial charge in [-0.1, -0.05) is 61.2 Å². The molecule has 0 radical (unpaired) electrons. The largest absolute Gasteiger partial charge is 0.482 e. The van der Waals surface area contributed by atoms with Gasteiger partial charge in [-0.15, -0.1) is 0 Å². The standard InChI is InChI=1S/C23H19NO/c1-16(17-9-3-2-4-10-17)23-15-19(20-12-7-8-14-24-20)22(23)18-11-5-6-13-21(18)25-23/h2-14,19,22H,1,15H2/t19-,22-,23-/m1/s1. The first-order valence-electron chi connectivity index (χ1n) is 8.73. The van der Waals surface area contributed by atoms with E-state index in [9.17, 15) is 0 Å². The molecule has 0 amide bonds. The summed E-state index contributed by atoms with van der Waals surface area (Å²) < 4.78 is 6.53. The molecule has 0 spiro atoms. The van der Waals surface area contributed by atoms with Gasteiger partial charge in [0.2, 0.25) is 0 Å². The maximum atomic E-state index is 6.53. The Labute approximate surface area is 147 Å². The minimum atomic E-state index is -0.354. The highest BCUT2D eigenvalue weighted by Gasteiger charge is 2.63. The highest BCUT2D eigenvalue weighted by atomic mass is 16.5. The first-order chi connectivity index (χ1) is 12.3. The third-order valence-corrected chi connectivity index (χ3v) is 5.67. The third kappa shape index (κ3) is 2.00. The normalized spacial score (nSPS) is 26.1. The molecular weight excluding hydrogens is 306 g/mol. The number of rotatable bonds is 3. The van der Waals surface area contributed by atoms with Crippen molar-refractivity contribution in [1.29, 1.82) is 0 Å². The first-order valence-corrected chi connectivity index (χ1v) is 8.73. The molecule has 0 saturated heterocycles. The second-order valence-electron chi connectivity index (χ2n) is 6.92. The molecular formula is C23H19NO. The molecule has 2 nitrogen and oxygen atoms in total. The van der Waals surface area contributed by atoms with Gasteiger partial charge in [-0.05, 0) is 29.3 Å². The summed E-state index contributed by atoms with van der Waals surface area (Å²) in [4.78, 5) is 4.61. The van der Waals surface area contributed by atoms with Gasteiger partial charge in [0.15, 0.2) is 0 Å². The smallest absolute Gasteiger partial charge is 0.142 e. The van der Waals surface area contributed by atoms with Gasteiger partial charge >= 0.3 is 0 Å². The van der Waals surface area contributed by atoms with Gasteiger partial charge in [-0.3, -0.25) is 4.98 Å². The minimum absolute atomic E-state index is 0.270. The van der Waals surface area contributed by atoms with Gasteiger partial charge in [0.05, 0.1) is 0 Å². The van der Waals surface area contributed by atoms with Crippen LogP contribution in [0.2, 0.25) is 0 Å². The maximum absolute atomic E-state index is 6.53. The van der Waals surface area contributed by atoms with Crippen LogP contribution >= 0.6 is 0 Å². The van der Waals surface area contributed by atoms with Crippen molar-refractivity contribution in [3.05, 3.63) is 102 Å². The molecule has 1 aromatic heterocycles. The van der Waals surface area contributed by atoms with Crippen LogP contribution in [0.1, 0.15) is 35.1 Å². The van der Waals surface area contributed by atoms with Gasteiger partial charge in [0.25, 0.3) is 0 Å². The molecule has 0 N–H and O–H groups in total. The van der Waals surface area contributed by atoms with Gasteiger partial charge in [-0.25, -0.2) is 0 Å². The Bertz CT molecular complexity index is 935. The van der Waals surface area contributed by atoms with E-state index in [4.69, 9.17) is 4.74 Å². The number of fused-ring (bicyclic) bond motifs is 3. The first kappa shape index (κ1) is 14.5. The van der Waals surface area contributed by atoms with Crippen molar-refractivity contribution >= 4 is 5.57 Å². The fourth-order valence-corrected chi connectivity index (χ4v) is 4.46. The molecule has 1 aliphatic heterocycles. The summed E-state index contributed by atoms with van der Waals surface area (Å²) in [5.74, 6) is 1.62. The van der Waals surface area contributed by atoms with Crippen molar-refractivity contribution in [3.63, 3.8) is 0 Å². The molecule has 2 heteroatoms. The van der Waals surface area contributed by atoms with Crippen molar-refractivity contribution in [3.8, 4) is 5.75 Å². The Kier molecular flexibility index (Phi) is 3.08. The van der Waals surface area contributed by atoms with Crippen LogP contribution in [0.25, 0.3) is 5.57 Å². The fourth-order valence-electron chi connectivity index (χ4n) is 4.46. The van der Waals surface area contributed by atoms with Gasteiger partial charge in [-0.2, -0.15) is 0 Å². The molecule has 3 atom stereocenters. The van der Waals surface area contributed by atoms with Crippen LogP contribution in [-0.2, 0) is 0 Å². The van der Waals surface area contributed by atoms with Crippen LogP contribution in [-0.4, -0.2) is 10.6 Å². The van der Waals surface area contributed by atoms with Crippen LogP contribution < -0.4 is 4.74 Å². The molecule has 5 rings (SSSR count). The van der Waals surface area contributed by atoms with E-state index >= 15 is 0 Å². The molecule has 1 saturated carbocycles. The molecule has 2 aromatic carbocycles. The van der Waals surface area contributed by atoms with E-state index in [1.165, 1.54) is 5.56 Å². The van der Waals surface area contributed by atoms with Crippen molar-refractivity contribution in [2.75, 3.05) is 0 Å². The molecule has 2 heterocycles. The number of nitrogens with zero attached hydrogens (tertiary/aromatic N) is 1. The van der Waals surface area contributed by atoms with E-state index in [0.29, 0.717) is 5.92 Å². The van der Waals surface area contributed by atoms with Crippen LogP contribution in [0, 0.1) is 0 Å². The topological polar surface area (TPSA) is 22.1 Å². The monoisotopic (exact) mass is 325 g/mol. The number of aromatic nitrogens is 1. The number of hydrogen-bond acceptors (Lipinski definition) is 2. The molecule has 0 bridgehead atoms. The summed E-state index contributed by atoms with van der Waals surface area (Å²) in [5.41, 5.74) is 4.29. The predicted molar refractivity (Wildman–Crippen MR) is 99.6 cm³/mol. The Morgan fingerprint density at radius 1 is 0.960 bits per heavy atom. The van der Waals surface area contributed by atoms with E-state index in [-0.39, 0.29) is 11.5 Å². The average molecular weight is 325 g/mol. The molecule has 25 heavy (non-hydrogen) atoms. The van der Waals surface area contributed by atoms with Crippen LogP contribution in [0.4, 0.5) is 0 Å². The molecule has 122 valence electrons. The van der Waals surface area contributed by atoms with Gasteiger partial charge < -0.3 is 4.74 Å². The van der Waals surface area contributed by atoms with Crippen molar-refractivity contribution in [1.82, 2.24) is 4.98 Å². The van der Waals surface area contributed by atoms with Crippen LogP contribution in [0.3, 0.4) is 0 Å². The van der Waals surface area contributed by atoms with E-state index in [2.05, 4.69) is 66.2 Å². The lowest BCUT2D eigenvalue weighted by Gasteiger charge is -2.51.